The molecule has 2 atom stereocenters. The van der Waals surface area contributed by atoms with Crippen LogP contribution in [0.3, 0.4) is 0 Å². The number of ether oxygens (including phenoxy) is 2. The molecule has 0 aliphatic carbocycles. The molecule has 3 heterocycles. The fraction of sp³-hybridized carbons (Fsp3) is 1.00. The average Bonchev–Trinajstić information content (AvgIpc) is 2.88. The van der Waals surface area contributed by atoms with E-state index in [0.717, 1.165) is 38.7 Å². The molecule has 3 saturated heterocycles. The van der Waals surface area contributed by atoms with Crippen molar-refractivity contribution in [3.05, 3.63) is 0 Å². The quantitative estimate of drug-likeness (QED) is 0.797. The summed E-state index contributed by atoms with van der Waals surface area (Å²) in [5.74, 6) is 0. The van der Waals surface area contributed by atoms with E-state index in [0.29, 0.717) is 6.04 Å². The number of nitrogens with one attached hydrogen (secondary N) is 1. The van der Waals surface area contributed by atoms with E-state index in [1.165, 1.54) is 32.4 Å². The van der Waals surface area contributed by atoms with Crippen molar-refractivity contribution in [1.82, 2.24) is 10.2 Å². The molecule has 3 aliphatic rings. The number of likely N-dealkylation sites (N-methyl/N-ethyl adjacent to an activating group) is 1. The predicted octanol–water partition coefficient (Wildman–Crippen LogP) is 1.01. The first-order valence-electron chi connectivity index (χ1n) is 7.44. The summed E-state index contributed by atoms with van der Waals surface area (Å²) in [6.07, 6.45) is 5.90. The zero-order valence-electron chi connectivity index (χ0n) is 11.5. The normalized spacial score (nSPS) is 37.2. The second-order valence-electron chi connectivity index (χ2n) is 6.06. The molecule has 3 rings (SSSR count). The highest BCUT2D eigenvalue weighted by Gasteiger charge is 2.41. The molecule has 104 valence electrons. The van der Waals surface area contributed by atoms with Crippen molar-refractivity contribution in [1.29, 1.82) is 0 Å². The van der Waals surface area contributed by atoms with Gasteiger partial charge in [0.25, 0.3) is 0 Å². The molecule has 4 nitrogen and oxygen atoms in total. The van der Waals surface area contributed by atoms with Crippen LogP contribution >= 0.6 is 0 Å². The minimum atomic E-state index is 0.138. The highest BCUT2D eigenvalue weighted by atomic mass is 16.5. The van der Waals surface area contributed by atoms with Gasteiger partial charge in [-0.05, 0) is 39.2 Å². The van der Waals surface area contributed by atoms with Crippen molar-refractivity contribution in [2.45, 2.75) is 49.8 Å². The van der Waals surface area contributed by atoms with Crippen molar-refractivity contribution in [3.8, 4) is 0 Å². The number of nitrogens with zero attached hydrogens (tertiary/aromatic N) is 1. The monoisotopic (exact) mass is 254 g/mol. The van der Waals surface area contributed by atoms with Gasteiger partial charge in [-0.15, -0.1) is 0 Å². The molecule has 0 radical (unpaired) electrons. The van der Waals surface area contributed by atoms with E-state index >= 15 is 0 Å². The minimum absolute atomic E-state index is 0.138. The Morgan fingerprint density at radius 3 is 2.72 bits per heavy atom. The average molecular weight is 254 g/mol. The molecule has 0 amide bonds. The molecule has 18 heavy (non-hydrogen) atoms. The van der Waals surface area contributed by atoms with Crippen molar-refractivity contribution < 1.29 is 9.47 Å². The summed E-state index contributed by atoms with van der Waals surface area (Å²) < 4.78 is 11.6. The first-order chi connectivity index (χ1) is 8.81. The molecule has 4 heteroatoms. The summed E-state index contributed by atoms with van der Waals surface area (Å²) >= 11 is 0. The fourth-order valence-corrected chi connectivity index (χ4v) is 3.76. The standard InChI is InChI=1S/C14H26N2O2/c1-15-12-2-6-16(11-12)13-3-7-18-14(10-13)4-8-17-9-5-14/h12-13,15H,2-11H2,1H3. The molecule has 3 aliphatic heterocycles. The van der Waals surface area contributed by atoms with Gasteiger partial charge in [0.15, 0.2) is 0 Å². The zero-order valence-corrected chi connectivity index (χ0v) is 11.5. The number of rotatable bonds is 2. The van der Waals surface area contributed by atoms with Crippen LogP contribution in [0, 0.1) is 0 Å². The van der Waals surface area contributed by atoms with Crippen LogP contribution in [0.15, 0.2) is 0 Å². The molecule has 0 aromatic rings. The Bertz CT molecular complexity index is 273. The van der Waals surface area contributed by atoms with E-state index in [1.807, 2.05) is 0 Å². The molecular formula is C14H26N2O2. The lowest BCUT2D eigenvalue weighted by Crippen LogP contribution is -2.51. The van der Waals surface area contributed by atoms with Crippen LogP contribution in [0.1, 0.15) is 32.1 Å². The Hall–Kier alpha value is -0.160. The summed E-state index contributed by atoms with van der Waals surface area (Å²) in [6, 6.07) is 1.42. The first kappa shape index (κ1) is 12.9. The van der Waals surface area contributed by atoms with Crippen LogP contribution in [0.5, 0.6) is 0 Å². The van der Waals surface area contributed by atoms with E-state index < -0.39 is 0 Å². The van der Waals surface area contributed by atoms with Crippen molar-refractivity contribution in [2.75, 3.05) is 40.0 Å². The van der Waals surface area contributed by atoms with E-state index in [2.05, 4.69) is 17.3 Å². The molecular weight excluding hydrogens is 228 g/mol. The third-order valence-corrected chi connectivity index (χ3v) is 5.02. The zero-order chi connectivity index (χ0) is 12.4. The second kappa shape index (κ2) is 5.45. The lowest BCUT2D eigenvalue weighted by atomic mass is 9.83. The summed E-state index contributed by atoms with van der Waals surface area (Å²) in [4.78, 5) is 2.68. The molecule has 0 aromatic heterocycles. The van der Waals surface area contributed by atoms with Crippen molar-refractivity contribution >= 4 is 0 Å². The van der Waals surface area contributed by atoms with Gasteiger partial charge in [0.2, 0.25) is 0 Å². The second-order valence-corrected chi connectivity index (χ2v) is 6.06. The largest absolute Gasteiger partial charge is 0.381 e. The summed E-state index contributed by atoms with van der Waals surface area (Å²) in [6.45, 7) is 5.17. The lowest BCUT2D eigenvalue weighted by molar-refractivity contribution is -0.150. The minimum Gasteiger partial charge on any atom is -0.381 e. The smallest absolute Gasteiger partial charge is 0.0741 e. The van der Waals surface area contributed by atoms with Gasteiger partial charge in [-0.2, -0.15) is 0 Å². The van der Waals surface area contributed by atoms with Crippen LogP contribution in [0.25, 0.3) is 0 Å². The van der Waals surface area contributed by atoms with Gasteiger partial charge < -0.3 is 14.8 Å². The summed E-state index contributed by atoms with van der Waals surface area (Å²) in [5.41, 5.74) is 0.138. The SMILES string of the molecule is CNC1CCN(C2CCOC3(CCOCC3)C2)C1. The molecule has 1 spiro atoms. The maximum Gasteiger partial charge on any atom is 0.0741 e. The van der Waals surface area contributed by atoms with Crippen molar-refractivity contribution in [2.24, 2.45) is 0 Å². The van der Waals surface area contributed by atoms with Crippen LogP contribution in [-0.2, 0) is 9.47 Å². The number of hydrogen-bond donors (Lipinski definition) is 1. The Balaban J connectivity index is 1.60. The van der Waals surface area contributed by atoms with Gasteiger partial charge in [-0.25, -0.2) is 0 Å². The third-order valence-electron chi connectivity index (χ3n) is 5.02. The highest BCUT2D eigenvalue weighted by Crippen LogP contribution is 2.36. The third kappa shape index (κ3) is 2.57. The van der Waals surface area contributed by atoms with Gasteiger partial charge in [0.1, 0.15) is 0 Å². The Kier molecular flexibility index (Phi) is 3.89. The lowest BCUT2D eigenvalue weighted by Gasteiger charge is -2.45. The maximum absolute atomic E-state index is 6.13. The van der Waals surface area contributed by atoms with Crippen LogP contribution in [0.4, 0.5) is 0 Å². The number of hydrogen-bond acceptors (Lipinski definition) is 4. The van der Waals surface area contributed by atoms with Crippen molar-refractivity contribution in [3.63, 3.8) is 0 Å². The highest BCUT2D eigenvalue weighted by molar-refractivity contribution is 4.95. The Morgan fingerprint density at radius 2 is 2.00 bits per heavy atom. The first-order valence-corrected chi connectivity index (χ1v) is 7.44. The summed E-state index contributed by atoms with van der Waals surface area (Å²) in [5, 5.41) is 3.41. The maximum atomic E-state index is 6.13. The van der Waals surface area contributed by atoms with Gasteiger partial charge in [-0.1, -0.05) is 0 Å². The van der Waals surface area contributed by atoms with E-state index in [9.17, 15) is 0 Å². The topological polar surface area (TPSA) is 33.7 Å². The molecule has 1 N–H and O–H groups in total. The van der Waals surface area contributed by atoms with Crippen LogP contribution in [-0.4, -0.2) is 62.5 Å². The predicted molar refractivity (Wildman–Crippen MR) is 70.8 cm³/mol. The molecule has 0 aromatic carbocycles. The van der Waals surface area contributed by atoms with E-state index in [4.69, 9.17) is 9.47 Å². The molecule has 0 bridgehead atoms. The van der Waals surface area contributed by atoms with Crippen LogP contribution < -0.4 is 5.32 Å². The van der Waals surface area contributed by atoms with E-state index in [-0.39, 0.29) is 5.60 Å². The number of likely N-dealkylation sites (tertiary alicyclic amines) is 1. The Morgan fingerprint density at radius 1 is 1.17 bits per heavy atom. The van der Waals surface area contributed by atoms with Gasteiger partial charge in [0, 0.05) is 45.0 Å². The Labute approximate surface area is 110 Å². The molecule has 0 saturated carbocycles. The van der Waals surface area contributed by atoms with Gasteiger partial charge >= 0.3 is 0 Å². The molecule has 2 unspecified atom stereocenters. The van der Waals surface area contributed by atoms with Gasteiger partial charge in [0.05, 0.1) is 5.60 Å². The summed E-state index contributed by atoms with van der Waals surface area (Å²) in [7, 11) is 2.08. The van der Waals surface area contributed by atoms with Crippen LogP contribution in [0.2, 0.25) is 0 Å². The van der Waals surface area contributed by atoms with E-state index in [1.54, 1.807) is 0 Å². The van der Waals surface area contributed by atoms with Gasteiger partial charge in [-0.3, -0.25) is 4.90 Å². The fourth-order valence-electron chi connectivity index (χ4n) is 3.76. The molecule has 3 fully saturated rings.